The maximum Gasteiger partial charge on any atom is 0.345 e. The third-order valence-corrected chi connectivity index (χ3v) is 6.25. The largest absolute Gasteiger partial charge is 0.423 e. The van der Waals surface area contributed by atoms with Crippen LogP contribution in [0.25, 0.3) is 16.9 Å². The number of benzene rings is 2. The first-order valence-electron chi connectivity index (χ1n) is 11.9. The fraction of sp³-hybridized carbons (Fsp3) is 0.310. The van der Waals surface area contributed by atoms with E-state index >= 15 is 0 Å². The molecule has 0 amide bonds. The second kappa shape index (κ2) is 9.79. The third kappa shape index (κ3) is 6.03. The molecule has 0 aliphatic rings. The quantitative estimate of drug-likeness (QED) is 0.203. The highest BCUT2D eigenvalue weighted by atomic mass is 35.5. The lowest BCUT2D eigenvalue weighted by molar-refractivity contribution is 0.0735. The van der Waals surface area contributed by atoms with E-state index in [9.17, 15) is 4.79 Å². The van der Waals surface area contributed by atoms with Crippen LogP contribution < -0.4 is 10.1 Å². The van der Waals surface area contributed by atoms with Gasteiger partial charge < -0.3 is 10.1 Å². The maximum absolute atomic E-state index is 12.6. The average molecular weight is 524 g/mol. The first kappa shape index (κ1) is 26.1. The van der Waals surface area contributed by atoms with Gasteiger partial charge in [-0.25, -0.2) is 9.78 Å². The Morgan fingerprint density at radius 3 is 2.33 bits per heavy atom. The lowest BCUT2D eigenvalue weighted by atomic mass is 9.82. The van der Waals surface area contributed by atoms with Crippen molar-refractivity contribution < 1.29 is 9.53 Å². The number of nitrogens with one attached hydrogen (secondary N) is 1. The number of hydrogen-bond donors (Lipinski definition) is 1. The number of anilines is 1. The van der Waals surface area contributed by atoms with E-state index in [1.165, 1.54) is 6.07 Å². The van der Waals surface area contributed by atoms with Crippen molar-refractivity contribution in [2.75, 3.05) is 5.32 Å². The van der Waals surface area contributed by atoms with Crippen LogP contribution in [-0.2, 0) is 0 Å². The predicted molar refractivity (Wildman–Crippen MR) is 149 cm³/mol. The summed E-state index contributed by atoms with van der Waals surface area (Å²) >= 11 is 12.1. The molecular formula is C29H31Cl2N3O2. The van der Waals surface area contributed by atoms with Gasteiger partial charge >= 0.3 is 5.97 Å². The van der Waals surface area contributed by atoms with E-state index in [1.807, 2.05) is 18.3 Å². The van der Waals surface area contributed by atoms with E-state index < -0.39 is 5.97 Å². The molecule has 0 bridgehead atoms. The van der Waals surface area contributed by atoms with Crippen LogP contribution in [0.4, 0.5) is 5.82 Å². The monoisotopic (exact) mass is 523 g/mol. The van der Waals surface area contributed by atoms with Crippen LogP contribution in [0, 0.1) is 12.3 Å². The number of imidazole rings is 1. The smallest absolute Gasteiger partial charge is 0.345 e. The molecule has 2 heterocycles. The van der Waals surface area contributed by atoms with Gasteiger partial charge in [0.15, 0.2) is 0 Å². The van der Waals surface area contributed by atoms with E-state index in [4.69, 9.17) is 32.9 Å². The molecule has 4 aromatic rings. The number of aryl methyl sites for hydroxylation is 1. The van der Waals surface area contributed by atoms with E-state index in [-0.39, 0.29) is 21.5 Å². The summed E-state index contributed by atoms with van der Waals surface area (Å²) in [6.45, 7) is 13.2. The Hall–Kier alpha value is -3.02. The van der Waals surface area contributed by atoms with Crippen LogP contribution in [0.1, 0.15) is 57.0 Å². The van der Waals surface area contributed by atoms with Crippen LogP contribution in [0.5, 0.6) is 5.75 Å². The first-order valence-corrected chi connectivity index (χ1v) is 12.6. The number of esters is 1. The summed E-state index contributed by atoms with van der Waals surface area (Å²) in [5.74, 6) is 0.799. The number of aromatic nitrogens is 2. The summed E-state index contributed by atoms with van der Waals surface area (Å²) in [4.78, 5) is 17.5. The highest BCUT2D eigenvalue weighted by Crippen LogP contribution is 2.35. The number of hydrogen-bond acceptors (Lipinski definition) is 4. The van der Waals surface area contributed by atoms with Gasteiger partial charge in [-0.1, -0.05) is 44.0 Å². The van der Waals surface area contributed by atoms with Gasteiger partial charge in [0.25, 0.3) is 0 Å². The Morgan fingerprint density at radius 2 is 1.69 bits per heavy atom. The molecular weight excluding hydrogens is 493 g/mol. The predicted octanol–water partition coefficient (Wildman–Crippen LogP) is 8.46. The van der Waals surface area contributed by atoms with Crippen LogP contribution in [0.15, 0.2) is 60.8 Å². The summed E-state index contributed by atoms with van der Waals surface area (Å²) in [6, 6.07) is 16.1. The molecule has 0 spiro atoms. The summed E-state index contributed by atoms with van der Waals surface area (Å²) in [6.07, 6.45) is 3.02. The minimum absolute atomic E-state index is 0.159. The minimum Gasteiger partial charge on any atom is -0.423 e. The van der Waals surface area contributed by atoms with E-state index in [0.717, 1.165) is 34.7 Å². The lowest BCUT2D eigenvalue weighted by Gasteiger charge is -2.34. The number of fused-ring (bicyclic) bond motifs is 1. The highest BCUT2D eigenvalue weighted by Gasteiger charge is 2.28. The Bertz CT molecular complexity index is 1420. The van der Waals surface area contributed by atoms with Crippen molar-refractivity contribution in [3.8, 4) is 17.0 Å². The van der Waals surface area contributed by atoms with Gasteiger partial charge in [-0.15, -0.1) is 0 Å². The molecule has 188 valence electrons. The number of rotatable bonds is 6. The molecule has 0 radical (unpaired) electrons. The zero-order valence-electron chi connectivity index (χ0n) is 21.4. The molecule has 2 aromatic carbocycles. The molecule has 2 aromatic heterocycles. The normalized spacial score (nSPS) is 12.1. The third-order valence-electron chi connectivity index (χ3n) is 5.70. The van der Waals surface area contributed by atoms with E-state index in [2.05, 4.69) is 63.4 Å². The molecule has 7 heteroatoms. The van der Waals surface area contributed by atoms with Gasteiger partial charge in [-0.3, -0.25) is 4.40 Å². The number of carbonyl (C=O) groups is 1. The molecule has 0 unspecified atom stereocenters. The molecule has 0 aliphatic heterocycles. The van der Waals surface area contributed by atoms with Gasteiger partial charge in [0.05, 0.1) is 10.6 Å². The molecule has 4 rings (SSSR count). The van der Waals surface area contributed by atoms with Gasteiger partial charge in [-0.2, -0.15) is 0 Å². The van der Waals surface area contributed by atoms with E-state index in [1.54, 1.807) is 24.3 Å². The summed E-state index contributed by atoms with van der Waals surface area (Å²) in [5.41, 5.74) is 4.01. The van der Waals surface area contributed by atoms with Gasteiger partial charge in [0.1, 0.15) is 22.9 Å². The second-order valence-corrected chi connectivity index (χ2v) is 11.9. The number of halogens is 2. The number of ether oxygens (including phenoxy) is 1. The lowest BCUT2D eigenvalue weighted by Crippen LogP contribution is -2.36. The van der Waals surface area contributed by atoms with Crippen molar-refractivity contribution in [2.45, 2.75) is 53.5 Å². The molecule has 36 heavy (non-hydrogen) atoms. The summed E-state index contributed by atoms with van der Waals surface area (Å²) in [7, 11) is 0. The highest BCUT2D eigenvalue weighted by molar-refractivity contribution is 6.36. The molecule has 0 saturated carbocycles. The van der Waals surface area contributed by atoms with Gasteiger partial charge in [0, 0.05) is 22.3 Å². The first-order chi connectivity index (χ1) is 16.8. The van der Waals surface area contributed by atoms with Crippen molar-refractivity contribution in [3.05, 3.63) is 82.0 Å². The van der Waals surface area contributed by atoms with Crippen molar-refractivity contribution in [3.63, 3.8) is 0 Å². The van der Waals surface area contributed by atoms with E-state index in [0.29, 0.717) is 10.8 Å². The second-order valence-electron chi connectivity index (χ2n) is 11.0. The Morgan fingerprint density at radius 1 is 1.00 bits per heavy atom. The fourth-order valence-corrected chi connectivity index (χ4v) is 5.14. The fourth-order valence-electron chi connectivity index (χ4n) is 4.66. The molecule has 1 N–H and O–H groups in total. The standard InChI is InChI=1S/C29H31Cl2N3O2/c1-18-13-14-34-24(15-18)32-25(26(34)33-29(5,6)17-28(2,3)4)19-7-10-21(11-8-19)36-27(35)22-12-9-20(30)16-23(22)31/h7-16,33H,17H2,1-6H3. The molecule has 0 saturated heterocycles. The van der Waals surface area contributed by atoms with Crippen LogP contribution in [0.3, 0.4) is 0 Å². The van der Waals surface area contributed by atoms with Gasteiger partial charge in [-0.05, 0) is 92.8 Å². The average Bonchev–Trinajstić information content (AvgIpc) is 3.09. The summed E-state index contributed by atoms with van der Waals surface area (Å²) in [5, 5.41) is 4.46. The zero-order valence-corrected chi connectivity index (χ0v) is 23.0. The molecule has 0 aliphatic carbocycles. The molecule has 0 fully saturated rings. The Labute approximate surface area is 222 Å². The van der Waals surface area contributed by atoms with Crippen molar-refractivity contribution in [1.82, 2.24) is 9.38 Å². The molecule has 0 atom stereocenters. The Kier molecular flexibility index (Phi) is 7.09. The molecule has 5 nitrogen and oxygen atoms in total. The van der Waals surface area contributed by atoms with Gasteiger partial charge in [0.2, 0.25) is 0 Å². The zero-order chi connectivity index (χ0) is 26.3. The summed E-state index contributed by atoms with van der Waals surface area (Å²) < 4.78 is 7.63. The van der Waals surface area contributed by atoms with Crippen LogP contribution in [0.2, 0.25) is 10.0 Å². The van der Waals surface area contributed by atoms with Crippen molar-refractivity contribution in [1.29, 1.82) is 0 Å². The maximum atomic E-state index is 12.6. The number of carbonyl (C=O) groups excluding carboxylic acids is 1. The Balaban J connectivity index is 1.66. The number of nitrogens with zero attached hydrogens (tertiary/aromatic N) is 2. The topological polar surface area (TPSA) is 55.6 Å². The SMILES string of the molecule is Cc1ccn2c(NC(C)(C)CC(C)(C)C)c(-c3ccc(OC(=O)c4ccc(Cl)cc4Cl)cc3)nc2c1. The van der Waals surface area contributed by atoms with Crippen LogP contribution >= 0.6 is 23.2 Å². The number of pyridine rings is 1. The van der Waals surface area contributed by atoms with Crippen molar-refractivity contribution >= 4 is 40.6 Å². The minimum atomic E-state index is -0.543. The van der Waals surface area contributed by atoms with Crippen molar-refractivity contribution in [2.24, 2.45) is 5.41 Å². The van der Waals surface area contributed by atoms with Crippen LogP contribution in [-0.4, -0.2) is 20.9 Å².